The van der Waals surface area contributed by atoms with Crippen LogP contribution in [0, 0.1) is 0 Å². The van der Waals surface area contributed by atoms with Crippen molar-refractivity contribution in [2.45, 2.75) is 64.7 Å². The van der Waals surface area contributed by atoms with Crippen molar-refractivity contribution in [2.75, 3.05) is 0 Å². The summed E-state index contributed by atoms with van der Waals surface area (Å²) in [6.07, 6.45) is 0.824. The lowest BCUT2D eigenvalue weighted by Crippen LogP contribution is -2.20. The zero-order chi connectivity index (χ0) is 22.1. The molecule has 3 aromatic carbocycles. The number of hydrogen-bond donors (Lipinski definition) is 2. The lowest BCUT2D eigenvalue weighted by molar-refractivity contribution is 0.468. The highest BCUT2D eigenvalue weighted by atomic mass is 16.3. The van der Waals surface area contributed by atoms with Crippen LogP contribution in [0.5, 0.6) is 11.5 Å². The Morgan fingerprint density at radius 1 is 0.667 bits per heavy atom. The molecule has 0 saturated carbocycles. The molecular formula is C28H34O2. The number of aromatic hydroxyl groups is 2. The summed E-state index contributed by atoms with van der Waals surface area (Å²) in [6.45, 7) is 13.1. The monoisotopic (exact) mass is 402 g/mol. The van der Waals surface area contributed by atoms with E-state index in [2.05, 4.69) is 77.9 Å². The zero-order valence-electron chi connectivity index (χ0n) is 19.0. The summed E-state index contributed by atoms with van der Waals surface area (Å²) in [7, 11) is 0. The molecule has 0 heterocycles. The molecule has 30 heavy (non-hydrogen) atoms. The number of hydrogen-bond acceptors (Lipinski definition) is 2. The van der Waals surface area contributed by atoms with Gasteiger partial charge < -0.3 is 10.2 Å². The van der Waals surface area contributed by atoms with Crippen LogP contribution in [-0.4, -0.2) is 10.2 Å². The van der Waals surface area contributed by atoms with E-state index in [0.29, 0.717) is 11.5 Å². The minimum absolute atomic E-state index is 0.0723. The second kappa shape index (κ2) is 8.18. The summed E-state index contributed by atoms with van der Waals surface area (Å²) in [5.74, 6) is 0.752. The van der Waals surface area contributed by atoms with Gasteiger partial charge in [0.15, 0.2) is 0 Å². The van der Waals surface area contributed by atoms with E-state index in [1.54, 1.807) is 12.1 Å². The van der Waals surface area contributed by atoms with Crippen LogP contribution in [0.1, 0.15) is 75.3 Å². The molecule has 3 aromatic rings. The summed E-state index contributed by atoms with van der Waals surface area (Å²) in [4.78, 5) is 0. The Kier molecular flexibility index (Phi) is 5.99. The molecule has 0 aliphatic carbocycles. The number of benzene rings is 3. The molecule has 0 bridgehead atoms. The maximum Gasteiger partial charge on any atom is 0.115 e. The van der Waals surface area contributed by atoms with Gasteiger partial charge in [0.05, 0.1) is 0 Å². The van der Waals surface area contributed by atoms with Gasteiger partial charge in [-0.15, -0.1) is 0 Å². The van der Waals surface area contributed by atoms with E-state index in [4.69, 9.17) is 0 Å². The normalized spacial score (nSPS) is 13.3. The maximum absolute atomic E-state index is 10.2. The van der Waals surface area contributed by atoms with Gasteiger partial charge in [-0.05, 0) is 69.3 Å². The Morgan fingerprint density at radius 3 is 1.77 bits per heavy atom. The predicted molar refractivity (Wildman–Crippen MR) is 126 cm³/mol. The van der Waals surface area contributed by atoms with Crippen LogP contribution in [0.4, 0.5) is 0 Å². The second-order valence-electron chi connectivity index (χ2n) is 10.3. The van der Waals surface area contributed by atoms with Crippen LogP contribution >= 0.6 is 0 Å². The molecule has 158 valence electrons. The molecule has 1 unspecified atom stereocenters. The average Bonchev–Trinajstić information content (AvgIpc) is 2.66. The largest absolute Gasteiger partial charge is 0.508 e. The van der Waals surface area contributed by atoms with Gasteiger partial charge in [0.2, 0.25) is 0 Å². The molecule has 3 rings (SSSR count). The standard InChI is InChI=1S/C28H34O2/c1-27(2,3)25-17-21(29)13-12-20(25)16-24(19-10-8-7-9-11-19)23-15-14-22(30)18-26(23)28(4,5)6/h7-15,17-18,24,29-30H,16H2,1-6H3. The number of rotatable bonds is 4. The first-order valence-corrected chi connectivity index (χ1v) is 10.7. The van der Waals surface area contributed by atoms with Crippen molar-refractivity contribution in [3.05, 3.63) is 94.5 Å². The molecule has 0 aliphatic heterocycles. The van der Waals surface area contributed by atoms with Crippen LogP contribution in [0.15, 0.2) is 66.7 Å². The highest BCUT2D eigenvalue weighted by molar-refractivity contribution is 5.47. The van der Waals surface area contributed by atoms with E-state index in [0.717, 1.165) is 12.0 Å². The van der Waals surface area contributed by atoms with Crippen molar-refractivity contribution in [3.8, 4) is 11.5 Å². The molecule has 0 aliphatic rings. The fourth-order valence-corrected chi connectivity index (χ4v) is 4.25. The van der Waals surface area contributed by atoms with Crippen molar-refractivity contribution in [3.63, 3.8) is 0 Å². The number of phenols is 2. The smallest absolute Gasteiger partial charge is 0.115 e. The van der Waals surface area contributed by atoms with Crippen molar-refractivity contribution in [1.82, 2.24) is 0 Å². The SMILES string of the molecule is CC(C)(C)c1cc(O)ccc1CC(c1ccccc1)c1ccc(O)cc1C(C)(C)C. The summed E-state index contributed by atoms with van der Waals surface area (Å²) in [5.41, 5.74) is 5.88. The van der Waals surface area contributed by atoms with Crippen molar-refractivity contribution >= 4 is 0 Å². The number of phenolic OH excluding ortho intramolecular Hbond substituents is 2. The Morgan fingerprint density at radius 2 is 1.20 bits per heavy atom. The van der Waals surface area contributed by atoms with Crippen LogP contribution in [0.25, 0.3) is 0 Å². The summed E-state index contributed by atoms with van der Waals surface area (Å²) in [6, 6.07) is 22.1. The van der Waals surface area contributed by atoms with Crippen molar-refractivity contribution in [1.29, 1.82) is 0 Å². The van der Waals surface area contributed by atoms with Crippen LogP contribution < -0.4 is 0 Å². The van der Waals surface area contributed by atoms with Crippen LogP contribution in [0.3, 0.4) is 0 Å². The molecule has 2 nitrogen and oxygen atoms in total. The predicted octanol–water partition coefficient (Wildman–Crippen LogP) is 7.07. The first-order valence-electron chi connectivity index (χ1n) is 10.7. The van der Waals surface area contributed by atoms with Crippen LogP contribution in [0.2, 0.25) is 0 Å². The molecule has 0 amide bonds. The highest BCUT2D eigenvalue weighted by Crippen LogP contribution is 2.40. The second-order valence-corrected chi connectivity index (χ2v) is 10.3. The van der Waals surface area contributed by atoms with E-state index in [1.165, 1.54) is 22.3 Å². The first kappa shape index (κ1) is 22.0. The van der Waals surface area contributed by atoms with E-state index < -0.39 is 0 Å². The third-order valence-corrected chi connectivity index (χ3v) is 5.75. The summed E-state index contributed by atoms with van der Waals surface area (Å²) in [5, 5.41) is 20.3. The minimum Gasteiger partial charge on any atom is -0.508 e. The van der Waals surface area contributed by atoms with Gasteiger partial charge in [-0.3, -0.25) is 0 Å². The fourth-order valence-electron chi connectivity index (χ4n) is 4.25. The molecule has 0 spiro atoms. The van der Waals surface area contributed by atoms with Crippen molar-refractivity contribution in [2.24, 2.45) is 0 Å². The maximum atomic E-state index is 10.2. The molecule has 0 aromatic heterocycles. The molecule has 2 heteroatoms. The summed E-state index contributed by atoms with van der Waals surface area (Å²) < 4.78 is 0. The Hall–Kier alpha value is -2.74. The third kappa shape index (κ3) is 4.87. The molecule has 0 radical (unpaired) electrons. The van der Waals surface area contributed by atoms with Gasteiger partial charge in [0, 0.05) is 5.92 Å². The lowest BCUT2D eigenvalue weighted by atomic mass is 9.74. The zero-order valence-corrected chi connectivity index (χ0v) is 19.0. The van der Waals surface area contributed by atoms with E-state index >= 15 is 0 Å². The van der Waals surface area contributed by atoms with E-state index in [9.17, 15) is 10.2 Å². The molecule has 0 fully saturated rings. The highest BCUT2D eigenvalue weighted by Gasteiger charge is 2.27. The third-order valence-electron chi connectivity index (χ3n) is 5.75. The van der Waals surface area contributed by atoms with E-state index in [-0.39, 0.29) is 16.7 Å². The Bertz CT molecular complexity index is 1010. The first-order chi connectivity index (χ1) is 14.0. The topological polar surface area (TPSA) is 40.5 Å². The minimum atomic E-state index is -0.0943. The van der Waals surface area contributed by atoms with Gasteiger partial charge in [0.25, 0.3) is 0 Å². The van der Waals surface area contributed by atoms with E-state index in [1.807, 2.05) is 18.2 Å². The van der Waals surface area contributed by atoms with Gasteiger partial charge in [-0.1, -0.05) is 84.0 Å². The molecular weight excluding hydrogens is 368 g/mol. The van der Waals surface area contributed by atoms with Gasteiger partial charge in [-0.25, -0.2) is 0 Å². The quantitative estimate of drug-likeness (QED) is 0.490. The average molecular weight is 403 g/mol. The molecule has 2 N–H and O–H groups in total. The molecule has 0 saturated heterocycles. The molecule has 1 atom stereocenters. The van der Waals surface area contributed by atoms with Gasteiger partial charge in [0.1, 0.15) is 11.5 Å². The fraction of sp³-hybridized carbons (Fsp3) is 0.357. The Balaban J connectivity index is 2.20. The summed E-state index contributed by atoms with van der Waals surface area (Å²) >= 11 is 0. The van der Waals surface area contributed by atoms with Crippen LogP contribution in [-0.2, 0) is 17.3 Å². The Labute approximate surface area is 181 Å². The van der Waals surface area contributed by atoms with Gasteiger partial charge >= 0.3 is 0 Å². The van der Waals surface area contributed by atoms with Crippen molar-refractivity contribution < 1.29 is 10.2 Å². The van der Waals surface area contributed by atoms with Gasteiger partial charge in [-0.2, -0.15) is 0 Å². The lowest BCUT2D eigenvalue weighted by Gasteiger charge is -2.30.